The maximum absolute atomic E-state index is 5.17. The van der Waals surface area contributed by atoms with Crippen molar-refractivity contribution in [2.24, 2.45) is 11.5 Å². The van der Waals surface area contributed by atoms with E-state index in [2.05, 4.69) is 27.0 Å². The van der Waals surface area contributed by atoms with Crippen molar-refractivity contribution in [1.82, 2.24) is 5.32 Å². The Balaban J connectivity index is 0. The number of nitrogens with one attached hydrogen (secondary N) is 1. The fourth-order valence-electron chi connectivity index (χ4n) is 0.329. The highest BCUT2D eigenvalue weighted by molar-refractivity contribution is 6.85. The summed E-state index contributed by atoms with van der Waals surface area (Å²) in [5.74, 6) is 0. The van der Waals surface area contributed by atoms with E-state index in [1.807, 2.05) is 0 Å². The molecule has 0 unspecified atom stereocenters. The Hall–Kier alpha value is 0.460. The van der Waals surface area contributed by atoms with Crippen molar-refractivity contribution >= 4 is 21.7 Å². The zero-order valence-corrected chi connectivity index (χ0v) is 6.75. The Morgan fingerprint density at radius 2 is 1.33 bits per heavy atom. The maximum Gasteiger partial charge on any atom is 0.00750 e. The zero-order chi connectivity index (χ0) is 7.54. The summed E-state index contributed by atoms with van der Waals surface area (Å²) in [6, 6.07) is 0. The minimum absolute atomic E-state index is 0.694. The van der Waals surface area contributed by atoms with Crippen LogP contribution in [0.25, 0.3) is 0 Å². The van der Waals surface area contributed by atoms with Gasteiger partial charge in [0.15, 0.2) is 0 Å². The predicted molar refractivity (Wildman–Crippen MR) is 42.7 cm³/mol. The van der Waals surface area contributed by atoms with Crippen molar-refractivity contribution in [3.05, 3.63) is 0 Å². The molecule has 0 aromatic carbocycles. The second-order valence-corrected chi connectivity index (χ2v) is 1.33. The van der Waals surface area contributed by atoms with E-state index in [1.165, 1.54) is 0 Å². The van der Waals surface area contributed by atoms with Gasteiger partial charge in [-0.2, -0.15) is 0 Å². The van der Waals surface area contributed by atoms with Crippen LogP contribution in [0.1, 0.15) is 0 Å². The topological polar surface area (TPSA) is 64.1 Å². The smallest absolute Gasteiger partial charge is 0.00750 e. The maximum atomic E-state index is 5.17. The fourth-order valence-corrected chi connectivity index (χ4v) is 0.329. The molecule has 0 fully saturated rings. The molecule has 0 spiro atoms. The third-order valence-electron chi connectivity index (χ3n) is 0.642. The van der Waals surface area contributed by atoms with Gasteiger partial charge >= 0.3 is 0 Å². The first-order valence-corrected chi connectivity index (χ1v) is 3.81. The van der Waals surface area contributed by atoms with Crippen molar-refractivity contribution in [3.63, 3.8) is 0 Å². The van der Waals surface area contributed by atoms with E-state index >= 15 is 0 Å². The van der Waals surface area contributed by atoms with Crippen LogP contribution in [0, 0.1) is 0 Å². The lowest BCUT2D eigenvalue weighted by Gasteiger charge is -1.95. The molecule has 0 atom stereocenters. The first-order valence-electron chi connectivity index (χ1n) is 2.67. The third kappa shape index (κ3) is 17.7. The Labute approximate surface area is 65.3 Å². The summed E-state index contributed by atoms with van der Waals surface area (Å²) in [4.78, 5) is 0. The second kappa shape index (κ2) is 15.8. The average Bonchev–Trinajstić information content (AvgIpc) is 1.94. The van der Waals surface area contributed by atoms with E-state index in [9.17, 15) is 0 Å². The van der Waals surface area contributed by atoms with E-state index in [0.29, 0.717) is 13.1 Å². The fraction of sp³-hybridized carbons (Fsp3) is 1.00. The van der Waals surface area contributed by atoms with Gasteiger partial charge in [-0.15, -0.1) is 0 Å². The van der Waals surface area contributed by atoms with Gasteiger partial charge in [0.25, 0.3) is 0 Å². The molecule has 0 amide bonds. The molecule has 0 aromatic heterocycles. The van der Waals surface area contributed by atoms with Gasteiger partial charge in [-0.05, 0) is 0 Å². The Morgan fingerprint density at radius 1 is 1.00 bits per heavy atom. The number of nitrogens with two attached hydrogens (primary N) is 2. The van der Waals surface area contributed by atoms with Crippen LogP contribution in [0.5, 0.6) is 0 Å². The van der Waals surface area contributed by atoms with Gasteiger partial charge in [0, 0.05) is 47.9 Å². The van der Waals surface area contributed by atoms with Crippen LogP contribution in [0.15, 0.2) is 0 Å². The molecule has 0 bridgehead atoms. The Morgan fingerprint density at radius 3 is 1.56 bits per heavy atom. The van der Waals surface area contributed by atoms with Crippen LogP contribution in [-0.4, -0.2) is 26.2 Å². The van der Waals surface area contributed by atoms with E-state index in [1.54, 1.807) is 0 Å². The molecule has 0 aromatic rings. The first kappa shape index (κ1) is 12.2. The summed E-state index contributed by atoms with van der Waals surface area (Å²) in [5, 5.41) is 3.03. The van der Waals surface area contributed by atoms with Crippen LogP contribution >= 0.6 is 21.7 Å². The molecule has 5 N–H and O–H groups in total. The van der Waals surface area contributed by atoms with Crippen molar-refractivity contribution in [2.45, 2.75) is 0 Å². The molecule has 0 saturated heterocycles. The van der Waals surface area contributed by atoms with Gasteiger partial charge in [-0.25, -0.2) is 0 Å². The number of rotatable bonds is 4. The number of hydrogen-bond acceptors (Lipinski definition) is 3. The lowest BCUT2D eigenvalue weighted by molar-refractivity contribution is 0.696. The number of hydrogen-bond donors (Lipinski definition) is 3. The Bertz CT molecular complexity index is 33.0. The molecular weight excluding hydrogens is 161 g/mol. The standard InChI is InChI=1S/C4H13N3.Cl2/c5-1-3-7-4-2-6;1-2/h7H,1-6H2;. The van der Waals surface area contributed by atoms with Gasteiger partial charge < -0.3 is 16.8 Å². The molecule has 3 nitrogen and oxygen atoms in total. The molecule has 0 saturated carbocycles. The van der Waals surface area contributed by atoms with Crippen LogP contribution in [0.2, 0.25) is 0 Å². The van der Waals surface area contributed by atoms with Gasteiger partial charge in [0.1, 0.15) is 0 Å². The number of halogens is 2. The lowest BCUT2D eigenvalue weighted by Crippen LogP contribution is -2.27. The van der Waals surface area contributed by atoms with Gasteiger partial charge in [-0.3, -0.25) is 0 Å². The van der Waals surface area contributed by atoms with E-state index in [0.717, 1.165) is 13.1 Å². The minimum Gasteiger partial charge on any atom is -0.329 e. The summed E-state index contributed by atoms with van der Waals surface area (Å²) in [6.45, 7) is 3.13. The monoisotopic (exact) mass is 173 g/mol. The molecule has 0 heterocycles. The van der Waals surface area contributed by atoms with Crippen LogP contribution in [0.4, 0.5) is 0 Å². The highest BCUT2D eigenvalue weighted by atomic mass is 36.5. The highest BCUT2D eigenvalue weighted by Crippen LogP contribution is 1.69. The van der Waals surface area contributed by atoms with Crippen LogP contribution < -0.4 is 16.8 Å². The molecule has 5 heteroatoms. The molecule has 0 radical (unpaired) electrons. The summed E-state index contributed by atoms with van der Waals surface area (Å²) >= 11 is 0. The Kier molecular flexibility index (Phi) is 21.3. The van der Waals surface area contributed by atoms with Crippen molar-refractivity contribution in [3.8, 4) is 0 Å². The molecule has 0 aliphatic heterocycles. The van der Waals surface area contributed by atoms with Gasteiger partial charge in [0.2, 0.25) is 0 Å². The SMILES string of the molecule is ClCl.NCCNCCN. The van der Waals surface area contributed by atoms with Gasteiger partial charge in [0.05, 0.1) is 0 Å². The minimum atomic E-state index is 0.694. The molecule has 0 aliphatic carbocycles. The predicted octanol–water partition coefficient (Wildman–Crippen LogP) is -0.128. The van der Waals surface area contributed by atoms with Crippen molar-refractivity contribution in [2.75, 3.05) is 26.2 Å². The average molecular weight is 174 g/mol. The summed E-state index contributed by atoms with van der Waals surface area (Å²) < 4.78 is 0. The second-order valence-electron chi connectivity index (χ2n) is 1.33. The zero-order valence-electron chi connectivity index (χ0n) is 5.24. The van der Waals surface area contributed by atoms with E-state index in [-0.39, 0.29) is 0 Å². The van der Waals surface area contributed by atoms with Crippen LogP contribution in [-0.2, 0) is 0 Å². The normalized spacial score (nSPS) is 8.00. The third-order valence-corrected chi connectivity index (χ3v) is 0.642. The molecule has 9 heavy (non-hydrogen) atoms. The lowest BCUT2D eigenvalue weighted by atomic mass is 10.6. The molecule has 0 aliphatic rings. The van der Waals surface area contributed by atoms with Gasteiger partial charge in [-0.1, -0.05) is 0 Å². The highest BCUT2D eigenvalue weighted by Gasteiger charge is 1.76. The van der Waals surface area contributed by atoms with E-state index < -0.39 is 0 Å². The molecule has 0 rings (SSSR count). The summed E-state index contributed by atoms with van der Waals surface area (Å²) in [6.07, 6.45) is 0. The largest absolute Gasteiger partial charge is 0.329 e. The first-order chi connectivity index (χ1) is 4.41. The molecule has 58 valence electrons. The van der Waals surface area contributed by atoms with E-state index in [4.69, 9.17) is 11.5 Å². The van der Waals surface area contributed by atoms with Crippen molar-refractivity contribution < 1.29 is 0 Å². The summed E-state index contributed by atoms with van der Waals surface area (Å²) in [5.41, 5.74) is 10.3. The summed E-state index contributed by atoms with van der Waals surface area (Å²) in [7, 11) is 8.22. The molecular formula is C4H13Cl2N3. The van der Waals surface area contributed by atoms with Crippen LogP contribution in [0.3, 0.4) is 0 Å². The quantitative estimate of drug-likeness (QED) is 0.520. The van der Waals surface area contributed by atoms with Crippen molar-refractivity contribution in [1.29, 1.82) is 0 Å².